The zero-order chi connectivity index (χ0) is 13.7. The van der Waals surface area contributed by atoms with Crippen molar-refractivity contribution in [2.24, 2.45) is 0 Å². The molecule has 0 aromatic heterocycles. The number of aliphatic hydroxyl groups is 1. The zero-order valence-corrected chi connectivity index (χ0v) is 11.0. The van der Waals surface area contributed by atoms with Gasteiger partial charge in [0.25, 0.3) is 0 Å². The lowest BCUT2D eigenvalue weighted by atomic mass is 9.97. The average molecular weight is 271 g/mol. The first kappa shape index (κ1) is 14.7. The Hall–Kier alpha value is -1.39. The van der Waals surface area contributed by atoms with Gasteiger partial charge in [0, 0.05) is 0 Å². The highest BCUT2D eigenvalue weighted by atomic mass is 35.5. The number of carbonyl (C=O) groups excluding carboxylic acids is 2. The number of halogens is 1. The van der Waals surface area contributed by atoms with Crippen LogP contribution in [-0.2, 0) is 16.1 Å². The van der Waals surface area contributed by atoms with Gasteiger partial charge < -0.3 is 9.84 Å². The Kier molecular flexibility index (Phi) is 5.31. The Balaban J connectivity index is 3.26. The highest BCUT2D eigenvalue weighted by Crippen LogP contribution is 2.27. The Morgan fingerprint density at radius 2 is 2.11 bits per heavy atom. The van der Waals surface area contributed by atoms with E-state index in [1.165, 1.54) is 13.0 Å². The van der Waals surface area contributed by atoms with E-state index in [9.17, 15) is 14.7 Å². The molecule has 1 aromatic rings. The number of carbonyl (C=O) groups is 2. The summed E-state index contributed by atoms with van der Waals surface area (Å²) in [7, 11) is 0. The number of ketones is 1. The number of alkyl halides is 1. The molecule has 1 atom stereocenters. The van der Waals surface area contributed by atoms with Gasteiger partial charge in [-0.3, -0.25) is 4.79 Å². The molecule has 0 amide bonds. The molecule has 0 saturated carbocycles. The predicted molar refractivity (Wildman–Crippen MR) is 67.6 cm³/mol. The molecule has 0 saturated heterocycles. The van der Waals surface area contributed by atoms with Crippen molar-refractivity contribution in [2.75, 3.05) is 6.61 Å². The number of hydrogen-bond donors (Lipinski definition) is 1. The van der Waals surface area contributed by atoms with Gasteiger partial charge in [-0.05, 0) is 31.0 Å². The lowest BCUT2D eigenvalue weighted by Gasteiger charge is -2.14. The van der Waals surface area contributed by atoms with Crippen molar-refractivity contribution >= 4 is 23.4 Å². The third-order valence-corrected chi connectivity index (χ3v) is 3.04. The quantitative estimate of drug-likeness (QED) is 0.658. The summed E-state index contributed by atoms with van der Waals surface area (Å²) < 4.78 is 4.89. The van der Waals surface area contributed by atoms with Gasteiger partial charge in [-0.25, -0.2) is 4.79 Å². The topological polar surface area (TPSA) is 63.6 Å². The molecule has 0 spiro atoms. The highest BCUT2D eigenvalue weighted by Gasteiger charge is 2.21. The first-order valence-electron chi connectivity index (χ1n) is 5.57. The van der Waals surface area contributed by atoms with Gasteiger partial charge in [-0.1, -0.05) is 12.1 Å². The molecule has 4 nitrogen and oxygen atoms in total. The summed E-state index contributed by atoms with van der Waals surface area (Å²) in [5, 5.41) is 8.50. The van der Waals surface area contributed by atoms with Crippen molar-refractivity contribution in [1.82, 2.24) is 0 Å². The SMILES string of the molecule is CCOC(=O)c1cccc(C(Cl)C(C)=O)c1CO. The van der Waals surface area contributed by atoms with Gasteiger partial charge in [0.15, 0.2) is 5.78 Å². The molecule has 98 valence electrons. The van der Waals surface area contributed by atoms with Gasteiger partial charge in [0.2, 0.25) is 0 Å². The number of esters is 1. The van der Waals surface area contributed by atoms with Crippen LogP contribution in [0.2, 0.25) is 0 Å². The molecule has 1 N–H and O–H groups in total. The Morgan fingerprint density at radius 3 is 2.61 bits per heavy atom. The Bertz CT molecular complexity index is 456. The second-order valence-corrected chi connectivity index (χ2v) is 4.16. The number of hydrogen-bond acceptors (Lipinski definition) is 4. The van der Waals surface area contributed by atoms with Crippen molar-refractivity contribution < 1.29 is 19.4 Å². The minimum Gasteiger partial charge on any atom is -0.462 e. The maximum atomic E-state index is 11.7. The van der Waals surface area contributed by atoms with Crippen LogP contribution in [-0.4, -0.2) is 23.5 Å². The lowest BCUT2D eigenvalue weighted by molar-refractivity contribution is -0.116. The van der Waals surface area contributed by atoms with Crippen LogP contribution in [0, 0.1) is 0 Å². The van der Waals surface area contributed by atoms with Crippen LogP contribution in [0.25, 0.3) is 0 Å². The van der Waals surface area contributed by atoms with Crippen molar-refractivity contribution in [3.8, 4) is 0 Å². The molecular formula is C13H15ClO4. The van der Waals surface area contributed by atoms with E-state index in [4.69, 9.17) is 16.3 Å². The molecule has 0 fully saturated rings. The largest absolute Gasteiger partial charge is 0.462 e. The van der Waals surface area contributed by atoms with E-state index in [1.807, 2.05) is 0 Å². The van der Waals surface area contributed by atoms with E-state index in [0.717, 1.165) is 0 Å². The van der Waals surface area contributed by atoms with Gasteiger partial charge in [0.05, 0.1) is 18.8 Å². The molecule has 0 aliphatic heterocycles. The summed E-state index contributed by atoms with van der Waals surface area (Å²) in [6, 6.07) is 4.77. The second kappa shape index (κ2) is 6.52. The Labute approximate surface area is 111 Å². The van der Waals surface area contributed by atoms with Crippen LogP contribution < -0.4 is 0 Å². The van der Waals surface area contributed by atoms with Gasteiger partial charge in [0.1, 0.15) is 5.38 Å². The van der Waals surface area contributed by atoms with Crippen molar-refractivity contribution in [1.29, 1.82) is 0 Å². The lowest BCUT2D eigenvalue weighted by Crippen LogP contribution is -2.13. The molecule has 0 aliphatic rings. The van der Waals surface area contributed by atoms with Crippen LogP contribution in [0.15, 0.2) is 18.2 Å². The van der Waals surface area contributed by atoms with E-state index in [-0.39, 0.29) is 24.6 Å². The number of Topliss-reactive ketones (excluding diaryl/α,β-unsaturated/α-hetero) is 1. The van der Waals surface area contributed by atoms with E-state index < -0.39 is 11.3 Å². The summed E-state index contributed by atoms with van der Waals surface area (Å²) in [4.78, 5) is 23.0. The summed E-state index contributed by atoms with van der Waals surface area (Å²) >= 11 is 5.97. The monoisotopic (exact) mass is 270 g/mol. The van der Waals surface area contributed by atoms with Crippen molar-refractivity contribution in [3.05, 3.63) is 34.9 Å². The van der Waals surface area contributed by atoms with E-state index in [1.54, 1.807) is 19.1 Å². The first-order valence-corrected chi connectivity index (χ1v) is 6.00. The number of benzene rings is 1. The van der Waals surface area contributed by atoms with Gasteiger partial charge in [-0.2, -0.15) is 0 Å². The number of rotatable bonds is 5. The summed E-state index contributed by atoms with van der Waals surface area (Å²) in [5.41, 5.74) is 1.02. The molecule has 1 rings (SSSR count). The number of ether oxygens (including phenoxy) is 1. The molecular weight excluding hydrogens is 256 g/mol. The second-order valence-electron chi connectivity index (χ2n) is 3.73. The molecule has 1 aromatic carbocycles. The fourth-order valence-electron chi connectivity index (χ4n) is 1.64. The van der Waals surface area contributed by atoms with Crippen molar-refractivity contribution in [2.45, 2.75) is 25.8 Å². The molecule has 18 heavy (non-hydrogen) atoms. The van der Waals surface area contributed by atoms with Gasteiger partial charge >= 0.3 is 5.97 Å². The van der Waals surface area contributed by atoms with Gasteiger partial charge in [-0.15, -0.1) is 11.6 Å². The van der Waals surface area contributed by atoms with E-state index >= 15 is 0 Å². The van der Waals surface area contributed by atoms with E-state index in [0.29, 0.717) is 11.1 Å². The van der Waals surface area contributed by atoms with Crippen LogP contribution in [0.1, 0.15) is 40.7 Å². The minimum atomic E-state index is -0.874. The van der Waals surface area contributed by atoms with Crippen LogP contribution in [0.4, 0.5) is 0 Å². The third kappa shape index (κ3) is 3.09. The summed E-state index contributed by atoms with van der Waals surface area (Å²) in [6.07, 6.45) is 0. The molecule has 0 heterocycles. The van der Waals surface area contributed by atoms with Crippen LogP contribution in [0.5, 0.6) is 0 Å². The normalized spacial score (nSPS) is 12.0. The smallest absolute Gasteiger partial charge is 0.338 e. The molecule has 5 heteroatoms. The fourth-order valence-corrected chi connectivity index (χ4v) is 1.84. The molecule has 1 unspecified atom stereocenters. The maximum Gasteiger partial charge on any atom is 0.338 e. The predicted octanol–water partition coefficient (Wildman–Crippen LogP) is 2.22. The molecule has 0 bridgehead atoms. The van der Waals surface area contributed by atoms with E-state index in [2.05, 4.69) is 0 Å². The summed E-state index contributed by atoms with van der Waals surface area (Å²) in [5.74, 6) is -0.775. The molecule has 0 radical (unpaired) electrons. The number of aliphatic hydroxyl groups excluding tert-OH is 1. The summed E-state index contributed by atoms with van der Waals surface area (Å²) in [6.45, 7) is 2.92. The maximum absolute atomic E-state index is 11.7. The third-order valence-electron chi connectivity index (χ3n) is 2.50. The first-order chi connectivity index (χ1) is 8.52. The highest BCUT2D eigenvalue weighted by molar-refractivity contribution is 6.31. The average Bonchev–Trinajstić information content (AvgIpc) is 2.36. The minimum absolute atomic E-state index is 0.240. The standard InChI is InChI=1S/C13H15ClO4/c1-3-18-13(17)10-6-4-5-9(11(10)7-15)12(14)8(2)16/h4-6,12,15H,3,7H2,1-2H3. The fraction of sp³-hybridized carbons (Fsp3) is 0.385. The van der Waals surface area contributed by atoms with Crippen LogP contribution in [0.3, 0.4) is 0 Å². The zero-order valence-electron chi connectivity index (χ0n) is 10.3. The van der Waals surface area contributed by atoms with Crippen molar-refractivity contribution in [3.63, 3.8) is 0 Å². The van der Waals surface area contributed by atoms with Crippen LogP contribution >= 0.6 is 11.6 Å². The Morgan fingerprint density at radius 1 is 1.44 bits per heavy atom. The molecule has 0 aliphatic carbocycles.